The highest BCUT2D eigenvalue weighted by Gasteiger charge is 2.21. The number of piperidine rings is 1. The van der Waals surface area contributed by atoms with E-state index in [-0.39, 0.29) is 6.61 Å². The third kappa shape index (κ3) is 2.54. The van der Waals surface area contributed by atoms with Crippen LogP contribution < -0.4 is 4.90 Å². The summed E-state index contributed by atoms with van der Waals surface area (Å²) in [5.41, 5.74) is 1.42. The van der Waals surface area contributed by atoms with Crippen LogP contribution in [0.5, 0.6) is 0 Å². The average Bonchev–Trinajstić information content (AvgIpc) is 2.38. The maximum atomic E-state index is 9.22. The van der Waals surface area contributed by atoms with Crippen molar-refractivity contribution in [1.82, 2.24) is 0 Å². The van der Waals surface area contributed by atoms with Crippen molar-refractivity contribution in [3.63, 3.8) is 0 Å². The highest BCUT2D eigenvalue weighted by Crippen LogP contribution is 2.30. The van der Waals surface area contributed by atoms with Crippen LogP contribution in [-0.4, -0.2) is 24.8 Å². The van der Waals surface area contributed by atoms with Crippen molar-refractivity contribution in [3.05, 3.63) is 28.8 Å². The fourth-order valence-electron chi connectivity index (χ4n) is 2.32. The number of hydrogen-bond donors (Lipinski definition) is 1. The van der Waals surface area contributed by atoms with Crippen LogP contribution in [0.15, 0.2) is 18.2 Å². The molecular weight excluding hydrogens is 236 g/mol. The van der Waals surface area contributed by atoms with Crippen LogP contribution in [0.3, 0.4) is 0 Å². The molecule has 0 aromatic heterocycles. The number of nitrogens with zero attached hydrogens (tertiary/aromatic N) is 2. The van der Waals surface area contributed by atoms with E-state index in [1.807, 2.05) is 12.1 Å². The lowest BCUT2D eigenvalue weighted by atomic mass is 9.98. The van der Waals surface area contributed by atoms with E-state index >= 15 is 0 Å². The normalized spacial score (nSPS) is 20.1. The molecule has 1 fully saturated rings. The summed E-state index contributed by atoms with van der Waals surface area (Å²) in [6.45, 7) is 1.93. The van der Waals surface area contributed by atoms with Crippen LogP contribution in [0, 0.1) is 17.2 Å². The standard InChI is InChI=1S/C13H15ClN2O/c14-12-4-1-5-13(11(12)7-15)16-6-2-3-10(8-16)9-17/h1,4-5,10,17H,2-3,6,8-9H2. The summed E-state index contributed by atoms with van der Waals surface area (Å²) in [4.78, 5) is 2.15. The number of aliphatic hydroxyl groups excluding tert-OH is 1. The molecule has 4 heteroatoms. The molecule has 0 aliphatic carbocycles. The van der Waals surface area contributed by atoms with Crippen molar-refractivity contribution in [2.45, 2.75) is 12.8 Å². The number of halogens is 1. The molecule has 0 saturated carbocycles. The van der Waals surface area contributed by atoms with E-state index in [0.717, 1.165) is 31.6 Å². The Bertz CT molecular complexity index is 442. The molecule has 1 saturated heterocycles. The molecule has 3 nitrogen and oxygen atoms in total. The Kier molecular flexibility index (Phi) is 3.88. The van der Waals surface area contributed by atoms with Gasteiger partial charge in [0.05, 0.1) is 16.3 Å². The summed E-state index contributed by atoms with van der Waals surface area (Å²) in [6.07, 6.45) is 2.10. The first-order chi connectivity index (χ1) is 8.26. The van der Waals surface area contributed by atoms with Crippen molar-refractivity contribution in [2.75, 3.05) is 24.6 Å². The van der Waals surface area contributed by atoms with Crippen molar-refractivity contribution < 1.29 is 5.11 Å². The molecule has 1 aliphatic heterocycles. The number of rotatable bonds is 2. The summed E-state index contributed by atoms with van der Waals surface area (Å²) in [7, 11) is 0. The van der Waals surface area contributed by atoms with Gasteiger partial charge in [0.2, 0.25) is 0 Å². The van der Waals surface area contributed by atoms with E-state index in [4.69, 9.17) is 16.9 Å². The summed E-state index contributed by atoms with van der Waals surface area (Å²) in [6, 6.07) is 7.67. The number of hydrogen-bond acceptors (Lipinski definition) is 3. The van der Waals surface area contributed by atoms with Crippen LogP contribution in [0.25, 0.3) is 0 Å². The largest absolute Gasteiger partial charge is 0.396 e. The van der Waals surface area contributed by atoms with E-state index in [9.17, 15) is 5.11 Å². The maximum Gasteiger partial charge on any atom is 0.103 e. The van der Waals surface area contributed by atoms with Gasteiger partial charge in [-0.1, -0.05) is 17.7 Å². The minimum Gasteiger partial charge on any atom is -0.396 e. The van der Waals surface area contributed by atoms with Crippen LogP contribution in [0.2, 0.25) is 5.02 Å². The minimum absolute atomic E-state index is 0.207. The van der Waals surface area contributed by atoms with E-state index in [1.54, 1.807) is 6.07 Å². The molecule has 0 spiro atoms. The maximum absolute atomic E-state index is 9.22. The van der Waals surface area contributed by atoms with E-state index < -0.39 is 0 Å². The Morgan fingerprint density at radius 2 is 2.35 bits per heavy atom. The molecule has 1 heterocycles. The first kappa shape index (κ1) is 12.2. The second-order valence-electron chi connectivity index (χ2n) is 4.38. The summed E-state index contributed by atoms with van der Waals surface area (Å²) in [5, 5.41) is 18.9. The Morgan fingerprint density at radius 3 is 3.06 bits per heavy atom. The summed E-state index contributed by atoms with van der Waals surface area (Å²) >= 11 is 6.02. The van der Waals surface area contributed by atoms with E-state index in [0.29, 0.717) is 16.5 Å². The lowest BCUT2D eigenvalue weighted by Crippen LogP contribution is -2.37. The predicted molar refractivity (Wildman–Crippen MR) is 68.2 cm³/mol. The van der Waals surface area contributed by atoms with E-state index in [2.05, 4.69) is 11.0 Å². The molecule has 1 unspecified atom stereocenters. The van der Waals surface area contributed by atoms with Gasteiger partial charge >= 0.3 is 0 Å². The lowest BCUT2D eigenvalue weighted by Gasteiger charge is -2.34. The molecule has 1 atom stereocenters. The minimum atomic E-state index is 0.207. The number of aliphatic hydroxyl groups is 1. The first-order valence-electron chi connectivity index (χ1n) is 5.80. The first-order valence-corrected chi connectivity index (χ1v) is 6.18. The van der Waals surface area contributed by atoms with Crippen LogP contribution >= 0.6 is 11.6 Å². The molecular formula is C13H15ClN2O. The van der Waals surface area contributed by atoms with Crippen LogP contribution in [0.4, 0.5) is 5.69 Å². The van der Waals surface area contributed by atoms with Crippen LogP contribution in [-0.2, 0) is 0 Å². The average molecular weight is 251 g/mol. The molecule has 1 aromatic rings. The van der Waals surface area contributed by atoms with Gasteiger partial charge in [0, 0.05) is 19.7 Å². The van der Waals surface area contributed by atoms with Crippen molar-refractivity contribution in [3.8, 4) is 6.07 Å². The second kappa shape index (κ2) is 5.39. The van der Waals surface area contributed by atoms with Gasteiger partial charge in [-0.25, -0.2) is 0 Å². The Balaban J connectivity index is 2.28. The SMILES string of the molecule is N#Cc1c(Cl)cccc1N1CCCC(CO)C1. The fourth-order valence-corrected chi connectivity index (χ4v) is 2.53. The molecule has 0 amide bonds. The van der Waals surface area contributed by atoms with Gasteiger partial charge in [0.25, 0.3) is 0 Å². The molecule has 0 radical (unpaired) electrons. The zero-order valence-electron chi connectivity index (χ0n) is 9.56. The third-order valence-corrected chi connectivity index (χ3v) is 3.54. The third-order valence-electron chi connectivity index (χ3n) is 3.22. The smallest absolute Gasteiger partial charge is 0.103 e. The zero-order chi connectivity index (χ0) is 12.3. The number of nitriles is 1. The van der Waals surface area contributed by atoms with Gasteiger partial charge in [-0.2, -0.15) is 5.26 Å². The Labute approximate surface area is 106 Å². The highest BCUT2D eigenvalue weighted by molar-refractivity contribution is 6.32. The Hall–Kier alpha value is -1.24. The number of anilines is 1. The molecule has 90 valence electrons. The van der Waals surface area contributed by atoms with Gasteiger partial charge in [0.15, 0.2) is 0 Å². The summed E-state index contributed by atoms with van der Waals surface area (Å²) in [5.74, 6) is 0.300. The van der Waals surface area contributed by atoms with Gasteiger partial charge in [-0.05, 0) is 30.9 Å². The van der Waals surface area contributed by atoms with Gasteiger partial charge in [-0.15, -0.1) is 0 Å². The molecule has 2 rings (SSSR count). The fraction of sp³-hybridized carbons (Fsp3) is 0.462. The molecule has 1 N–H and O–H groups in total. The second-order valence-corrected chi connectivity index (χ2v) is 4.79. The predicted octanol–water partition coefficient (Wildman–Crippen LogP) is 2.42. The number of benzene rings is 1. The molecule has 1 aliphatic rings. The highest BCUT2D eigenvalue weighted by atomic mass is 35.5. The summed E-state index contributed by atoms with van der Waals surface area (Å²) < 4.78 is 0. The van der Waals surface area contributed by atoms with Crippen molar-refractivity contribution >= 4 is 17.3 Å². The molecule has 0 bridgehead atoms. The quantitative estimate of drug-likeness (QED) is 0.877. The van der Waals surface area contributed by atoms with Gasteiger partial charge < -0.3 is 10.0 Å². The molecule has 1 aromatic carbocycles. The van der Waals surface area contributed by atoms with Crippen molar-refractivity contribution in [2.24, 2.45) is 5.92 Å². The van der Waals surface area contributed by atoms with Crippen LogP contribution in [0.1, 0.15) is 18.4 Å². The van der Waals surface area contributed by atoms with E-state index in [1.165, 1.54) is 0 Å². The Morgan fingerprint density at radius 1 is 1.53 bits per heavy atom. The van der Waals surface area contributed by atoms with Gasteiger partial charge in [0.1, 0.15) is 6.07 Å². The van der Waals surface area contributed by atoms with Crippen molar-refractivity contribution in [1.29, 1.82) is 5.26 Å². The monoisotopic (exact) mass is 250 g/mol. The lowest BCUT2D eigenvalue weighted by molar-refractivity contribution is 0.208. The van der Waals surface area contributed by atoms with Gasteiger partial charge in [-0.3, -0.25) is 0 Å². The molecule has 17 heavy (non-hydrogen) atoms. The zero-order valence-corrected chi connectivity index (χ0v) is 10.3. The topological polar surface area (TPSA) is 47.3 Å².